The van der Waals surface area contributed by atoms with E-state index < -0.39 is 0 Å². The van der Waals surface area contributed by atoms with Crippen molar-refractivity contribution in [3.05, 3.63) is 29.8 Å². The molecule has 2 nitrogen and oxygen atoms in total. The molecule has 14 heavy (non-hydrogen) atoms. The molecule has 0 amide bonds. The number of hydrogen-bond donors (Lipinski definition) is 0. The van der Waals surface area contributed by atoms with Gasteiger partial charge in [0.2, 0.25) is 0 Å². The Kier molecular flexibility index (Phi) is 2.02. The van der Waals surface area contributed by atoms with E-state index in [9.17, 15) is 4.39 Å². The number of aryl methyl sites for hydroxylation is 1. The van der Waals surface area contributed by atoms with Gasteiger partial charge < -0.3 is 4.57 Å². The number of nitrogens with zero attached hydrogens (tertiary/aromatic N) is 2. The molecule has 0 bridgehead atoms. The second kappa shape index (κ2) is 3.08. The van der Waals surface area contributed by atoms with Crippen LogP contribution in [-0.4, -0.2) is 9.55 Å². The van der Waals surface area contributed by atoms with Crippen LogP contribution in [0, 0.1) is 5.82 Å². The van der Waals surface area contributed by atoms with Crippen LogP contribution < -0.4 is 0 Å². The summed E-state index contributed by atoms with van der Waals surface area (Å²) in [6.45, 7) is 4.16. The molecule has 3 heteroatoms. The van der Waals surface area contributed by atoms with E-state index in [4.69, 9.17) is 0 Å². The third-order valence-corrected chi connectivity index (χ3v) is 2.39. The molecule has 2 rings (SSSR count). The molecule has 0 aliphatic carbocycles. The molecule has 0 N–H and O–H groups in total. The van der Waals surface area contributed by atoms with E-state index in [-0.39, 0.29) is 5.82 Å². The third-order valence-electron chi connectivity index (χ3n) is 2.39. The minimum Gasteiger partial charge on any atom is -0.331 e. The molecular weight excluding hydrogens is 179 g/mol. The molecule has 0 unspecified atom stereocenters. The first-order valence-corrected chi connectivity index (χ1v) is 4.71. The van der Waals surface area contributed by atoms with Crippen molar-refractivity contribution in [1.29, 1.82) is 0 Å². The van der Waals surface area contributed by atoms with Crippen LogP contribution in [0.4, 0.5) is 4.39 Å². The second-order valence-electron chi connectivity index (χ2n) is 3.82. The number of rotatable bonds is 1. The van der Waals surface area contributed by atoms with E-state index in [1.54, 1.807) is 6.07 Å². The third kappa shape index (κ3) is 1.29. The number of benzene rings is 1. The Bertz CT molecular complexity index is 471. The molecule has 0 radical (unpaired) electrons. The lowest BCUT2D eigenvalue weighted by Gasteiger charge is -2.04. The molecule has 1 heterocycles. The summed E-state index contributed by atoms with van der Waals surface area (Å²) in [5.41, 5.74) is 1.71. The van der Waals surface area contributed by atoms with E-state index in [2.05, 4.69) is 18.8 Å². The lowest BCUT2D eigenvalue weighted by molar-refractivity contribution is 0.628. The summed E-state index contributed by atoms with van der Waals surface area (Å²) in [5.74, 6) is 1.14. The quantitative estimate of drug-likeness (QED) is 0.679. The predicted octanol–water partition coefficient (Wildman–Crippen LogP) is 2.84. The maximum absolute atomic E-state index is 13.0. The molecule has 1 aromatic carbocycles. The summed E-state index contributed by atoms with van der Waals surface area (Å²) in [6, 6.07) is 4.68. The van der Waals surface area contributed by atoms with Crippen molar-refractivity contribution in [1.82, 2.24) is 9.55 Å². The average Bonchev–Trinajstić information content (AvgIpc) is 2.44. The predicted molar refractivity (Wildman–Crippen MR) is 54.8 cm³/mol. The van der Waals surface area contributed by atoms with E-state index in [0.717, 1.165) is 16.9 Å². The molecule has 0 aliphatic heterocycles. The van der Waals surface area contributed by atoms with Crippen LogP contribution in [0.15, 0.2) is 18.2 Å². The maximum atomic E-state index is 13.0. The summed E-state index contributed by atoms with van der Waals surface area (Å²) in [5, 5.41) is 0. The van der Waals surface area contributed by atoms with Gasteiger partial charge in [0, 0.05) is 13.0 Å². The van der Waals surface area contributed by atoms with Crippen molar-refractivity contribution in [3.63, 3.8) is 0 Å². The SMILES string of the molecule is CC(C)c1nc2ccc(F)cc2n1C. The summed E-state index contributed by atoms with van der Waals surface area (Å²) < 4.78 is 14.9. The average molecular weight is 192 g/mol. The normalized spacial score (nSPS) is 11.5. The molecule has 0 spiro atoms. The van der Waals surface area contributed by atoms with Gasteiger partial charge in [0.05, 0.1) is 11.0 Å². The highest BCUT2D eigenvalue weighted by atomic mass is 19.1. The fourth-order valence-corrected chi connectivity index (χ4v) is 1.70. The minimum absolute atomic E-state index is 0.212. The van der Waals surface area contributed by atoms with Gasteiger partial charge in [0.1, 0.15) is 11.6 Å². The van der Waals surface area contributed by atoms with E-state index in [1.165, 1.54) is 12.1 Å². The fourth-order valence-electron chi connectivity index (χ4n) is 1.70. The molecular formula is C11H13FN2. The molecule has 0 saturated heterocycles. The fraction of sp³-hybridized carbons (Fsp3) is 0.364. The van der Waals surface area contributed by atoms with Gasteiger partial charge in [-0.2, -0.15) is 0 Å². The van der Waals surface area contributed by atoms with Crippen molar-refractivity contribution in [2.24, 2.45) is 7.05 Å². The van der Waals surface area contributed by atoms with Crippen molar-refractivity contribution in [3.8, 4) is 0 Å². The summed E-state index contributed by atoms with van der Waals surface area (Å²) in [6.07, 6.45) is 0. The van der Waals surface area contributed by atoms with Gasteiger partial charge in [-0.05, 0) is 18.2 Å². The summed E-state index contributed by atoms with van der Waals surface area (Å²) in [7, 11) is 1.92. The zero-order chi connectivity index (χ0) is 10.3. The zero-order valence-electron chi connectivity index (χ0n) is 8.58. The molecule has 1 aromatic heterocycles. The number of aromatic nitrogens is 2. The zero-order valence-corrected chi connectivity index (χ0v) is 8.58. The number of halogens is 1. The summed E-state index contributed by atoms with van der Waals surface area (Å²) in [4.78, 5) is 4.45. The van der Waals surface area contributed by atoms with Crippen molar-refractivity contribution in [2.45, 2.75) is 19.8 Å². The Morgan fingerprint density at radius 2 is 2.07 bits per heavy atom. The van der Waals surface area contributed by atoms with Gasteiger partial charge in [-0.25, -0.2) is 9.37 Å². The highest BCUT2D eigenvalue weighted by molar-refractivity contribution is 5.76. The first kappa shape index (κ1) is 9.19. The van der Waals surface area contributed by atoms with E-state index in [1.807, 2.05) is 11.6 Å². The standard InChI is InChI=1S/C11H13FN2/c1-7(2)11-13-9-5-4-8(12)6-10(9)14(11)3/h4-7H,1-3H3. The highest BCUT2D eigenvalue weighted by Crippen LogP contribution is 2.20. The van der Waals surface area contributed by atoms with Crippen LogP contribution in [0.3, 0.4) is 0 Å². The van der Waals surface area contributed by atoms with E-state index >= 15 is 0 Å². The lowest BCUT2D eigenvalue weighted by Crippen LogP contribution is -1.99. The number of hydrogen-bond acceptors (Lipinski definition) is 1. The van der Waals surface area contributed by atoms with Gasteiger partial charge in [-0.3, -0.25) is 0 Å². The first-order valence-electron chi connectivity index (χ1n) is 4.71. The monoisotopic (exact) mass is 192 g/mol. The van der Waals surface area contributed by atoms with Crippen LogP contribution in [0.5, 0.6) is 0 Å². The molecule has 74 valence electrons. The van der Waals surface area contributed by atoms with Crippen LogP contribution in [-0.2, 0) is 7.05 Å². The molecule has 0 aliphatic rings. The topological polar surface area (TPSA) is 17.8 Å². The first-order chi connectivity index (χ1) is 6.59. The maximum Gasteiger partial charge on any atom is 0.125 e. The Labute approximate surface area is 82.4 Å². The van der Waals surface area contributed by atoms with Crippen LogP contribution in [0.25, 0.3) is 11.0 Å². The minimum atomic E-state index is -0.212. The van der Waals surface area contributed by atoms with Gasteiger partial charge in [0.15, 0.2) is 0 Å². The van der Waals surface area contributed by atoms with Crippen molar-refractivity contribution >= 4 is 11.0 Å². The summed E-state index contributed by atoms with van der Waals surface area (Å²) >= 11 is 0. The number of fused-ring (bicyclic) bond motifs is 1. The largest absolute Gasteiger partial charge is 0.331 e. The Morgan fingerprint density at radius 1 is 1.36 bits per heavy atom. The van der Waals surface area contributed by atoms with Crippen LogP contribution >= 0.6 is 0 Å². The van der Waals surface area contributed by atoms with Crippen molar-refractivity contribution in [2.75, 3.05) is 0 Å². The smallest absolute Gasteiger partial charge is 0.125 e. The highest BCUT2D eigenvalue weighted by Gasteiger charge is 2.10. The van der Waals surface area contributed by atoms with Gasteiger partial charge in [-0.1, -0.05) is 13.8 Å². The molecule has 0 saturated carbocycles. The second-order valence-corrected chi connectivity index (χ2v) is 3.82. The molecule has 0 fully saturated rings. The van der Waals surface area contributed by atoms with Crippen LogP contribution in [0.2, 0.25) is 0 Å². The Morgan fingerprint density at radius 3 is 2.71 bits per heavy atom. The van der Waals surface area contributed by atoms with Crippen molar-refractivity contribution < 1.29 is 4.39 Å². The molecule has 0 atom stereocenters. The van der Waals surface area contributed by atoms with Gasteiger partial charge in [-0.15, -0.1) is 0 Å². The van der Waals surface area contributed by atoms with Gasteiger partial charge >= 0.3 is 0 Å². The lowest BCUT2D eigenvalue weighted by atomic mass is 10.2. The van der Waals surface area contributed by atoms with Gasteiger partial charge in [0.25, 0.3) is 0 Å². The van der Waals surface area contributed by atoms with Crippen LogP contribution in [0.1, 0.15) is 25.6 Å². The number of imidazole rings is 1. The Hall–Kier alpha value is -1.38. The van der Waals surface area contributed by atoms with E-state index in [0.29, 0.717) is 5.92 Å². The molecule has 2 aromatic rings. The Balaban J connectivity index is 2.74.